The molecule has 0 radical (unpaired) electrons. The van der Waals surface area contributed by atoms with Crippen molar-refractivity contribution in [3.8, 4) is 0 Å². The minimum Gasteiger partial charge on any atom is -0.472 e. The molecule has 1 aliphatic heterocycles. The van der Waals surface area contributed by atoms with Crippen molar-refractivity contribution in [1.29, 1.82) is 0 Å². The van der Waals surface area contributed by atoms with Crippen LogP contribution in [0.3, 0.4) is 0 Å². The Hall–Kier alpha value is -1.55. The zero-order valence-corrected chi connectivity index (χ0v) is 7.47. The average molecular weight is 194 g/mol. The molecular weight excluding hydrogens is 184 g/mol. The first-order valence-corrected chi connectivity index (χ1v) is 4.34. The number of carbonyl (C=O) groups excluding carboxylic acids is 1. The van der Waals surface area contributed by atoms with Crippen LogP contribution >= 0.6 is 0 Å². The number of ether oxygens (including phenoxy) is 1. The Kier molecular flexibility index (Phi) is 2.37. The highest BCUT2D eigenvalue weighted by Crippen LogP contribution is 2.27. The number of aliphatic hydroxyl groups is 1. The fourth-order valence-corrected chi connectivity index (χ4v) is 1.38. The van der Waals surface area contributed by atoms with Crippen LogP contribution in [0.1, 0.15) is 18.1 Å². The van der Waals surface area contributed by atoms with Gasteiger partial charge in [0.2, 0.25) is 0 Å². The molecule has 1 aromatic rings. The van der Waals surface area contributed by atoms with Crippen LogP contribution in [-0.2, 0) is 9.53 Å². The number of furan rings is 1. The second-order valence-electron chi connectivity index (χ2n) is 3.07. The van der Waals surface area contributed by atoms with E-state index in [0.717, 1.165) is 5.56 Å². The Labute approximate surface area is 80.8 Å². The number of cyclic esters (lactones) is 1. The second kappa shape index (κ2) is 3.67. The van der Waals surface area contributed by atoms with Crippen molar-refractivity contribution in [3.05, 3.63) is 35.8 Å². The van der Waals surface area contributed by atoms with Gasteiger partial charge in [0.25, 0.3) is 0 Å². The highest BCUT2D eigenvalue weighted by Gasteiger charge is 2.24. The summed E-state index contributed by atoms with van der Waals surface area (Å²) in [7, 11) is 0. The molecular formula is C10H10O4. The molecule has 2 rings (SSSR count). The van der Waals surface area contributed by atoms with Gasteiger partial charge in [-0.25, -0.2) is 4.79 Å². The summed E-state index contributed by atoms with van der Waals surface area (Å²) in [6.07, 6.45) is 5.09. The monoisotopic (exact) mass is 194 g/mol. The van der Waals surface area contributed by atoms with Gasteiger partial charge < -0.3 is 14.3 Å². The summed E-state index contributed by atoms with van der Waals surface area (Å²) in [5.74, 6) is -0.454. The number of rotatable bonds is 2. The Morgan fingerprint density at radius 2 is 2.43 bits per heavy atom. The third-order valence-corrected chi connectivity index (χ3v) is 2.18. The molecule has 0 aromatic carbocycles. The van der Waals surface area contributed by atoms with Crippen molar-refractivity contribution >= 4 is 5.97 Å². The summed E-state index contributed by atoms with van der Waals surface area (Å²) in [5, 5.41) is 8.79. The molecule has 0 aliphatic carbocycles. The molecule has 14 heavy (non-hydrogen) atoms. The Balaban J connectivity index is 2.14. The molecule has 74 valence electrons. The van der Waals surface area contributed by atoms with Crippen molar-refractivity contribution in [2.24, 2.45) is 0 Å². The highest BCUT2D eigenvalue weighted by molar-refractivity contribution is 5.89. The van der Waals surface area contributed by atoms with E-state index in [-0.39, 0.29) is 12.7 Å². The van der Waals surface area contributed by atoms with Gasteiger partial charge in [-0.2, -0.15) is 0 Å². The maximum atomic E-state index is 11.2. The number of carbonyl (C=O) groups is 1. The van der Waals surface area contributed by atoms with E-state index in [1.54, 1.807) is 18.4 Å². The standard InChI is InChI=1S/C10H10O4/c11-5-7-1-2-9(14-10(7)12)8-3-4-13-6-8/h1,3-4,6,9,11H,2,5H2. The van der Waals surface area contributed by atoms with Crippen molar-refractivity contribution < 1.29 is 19.1 Å². The van der Waals surface area contributed by atoms with Gasteiger partial charge in [-0.3, -0.25) is 0 Å². The average Bonchev–Trinajstić information content (AvgIpc) is 2.70. The molecule has 0 saturated carbocycles. The Bertz CT molecular complexity index is 350. The summed E-state index contributed by atoms with van der Waals surface area (Å²) in [5.41, 5.74) is 1.16. The minimum absolute atomic E-state index is 0.267. The lowest BCUT2D eigenvalue weighted by Gasteiger charge is -2.20. The first kappa shape index (κ1) is 9.02. The molecule has 1 atom stereocenters. The first-order valence-electron chi connectivity index (χ1n) is 4.34. The molecule has 0 bridgehead atoms. The van der Waals surface area contributed by atoms with E-state index in [9.17, 15) is 4.79 Å². The lowest BCUT2D eigenvalue weighted by molar-refractivity contribution is -0.146. The van der Waals surface area contributed by atoms with Crippen molar-refractivity contribution in [2.45, 2.75) is 12.5 Å². The van der Waals surface area contributed by atoms with Crippen molar-refractivity contribution in [1.82, 2.24) is 0 Å². The van der Waals surface area contributed by atoms with E-state index >= 15 is 0 Å². The summed E-state index contributed by atoms with van der Waals surface area (Å²) in [6.45, 7) is -0.267. The van der Waals surface area contributed by atoms with E-state index < -0.39 is 5.97 Å². The smallest absolute Gasteiger partial charge is 0.336 e. The van der Waals surface area contributed by atoms with E-state index in [1.807, 2.05) is 0 Å². The van der Waals surface area contributed by atoms with Crippen LogP contribution in [0.15, 0.2) is 34.7 Å². The molecule has 4 heteroatoms. The molecule has 2 heterocycles. The predicted octanol–water partition coefficient (Wildman–Crippen LogP) is 1.19. The van der Waals surface area contributed by atoms with Gasteiger partial charge in [0.05, 0.1) is 24.7 Å². The van der Waals surface area contributed by atoms with Gasteiger partial charge in [0, 0.05) is 12.0 Å². The topological polar surface area (TPSA) is 59.7 Å². The number of aliphatic hydroxyl groups excluding tert-OH is 1. The van der Waals surface area contributed by atoms with Gasteiger partial charge in [-0.15, -0.1) is 0 Å². The van der Waals surface area contributed by atoms with Crippen LogP contribution in [0.4, 0.5) is 0 Å². The third kappa shape index (κ3) is 1.56. The van der Waals surface area contributed by atoms with E-state index in [4.69, 9.17) is 14.3 Å². The highest BCUT2D eigenvalue weighted by atomic mass is 16.5. The quantitative estimate of drug-likeness (QED) is 0.718. The number of esters is 1. The zero-order valence-electron chi connectivity index (χ0n) is 7.47. The largest absolute Gasteiger partial charge is 0.472 e. The zero-order chi connectivity index (χ0) is 9.97. The van der Waals surface area contributed by atoms with Crippen LogP contribution in [0.2, 0.25) is 0 Å². The van der Waals surface area contributed by atoms with Crippen LogP contribution < -0.4 is 0 Å². The fourth-order valence-electron chi connectivity index (χ4n) is 1.38. The Morgan fingerprint density at radius 3 is 3.00 bits per heavy atom. The predicted molar refractivity (Wildman–Crippen MR) is 47.3 cm³/mol. The summed E-state index contributed by atoms with van der Waals surface area (Å²) in [6, 6.07) is 1.76. The minimum atomic E-state index is -0.454. The third-order valence-electron chi connectivity index (χ3n) is 2.18. The fraction of sp³-hybridized carbons (Fsp3) is 0.300. The van der Waals surface area contributed by atoms with Crippen LogP contribution in [0.5, 0.6) is 0 Å². The number of hydrogen-bond acceptors (Lipinski definition) is 4. The van der Waals surface area contributed by atoms with E-state index in [0.29, 0.717) is 12.0 Å². The van der Waals surface area contributed by atoms with Gasteiger partial charge in [0.15, 0.2) is 0 Å². The number of hydrogen-bond donors (Lipinski definition) is 1. The van der Waals surface area contributed by atoms with E-state index in [1.165, 1.54) is 6.26 Å². The summed E-state index contributed by atoms with van der Waals surface area (Å²) < 4.78 is 10.0. The Morgan fingerprint density at radius 1 is 1.57 bits per heavy atom. The maximum Gasteiger partial charge on any atom is 0.336 e. The summed E-state index contributed by atoms with van der Waals surface area (Å²) in [4.78, 5) is 11.2. The molecule has 0 saturated heterocycles. The van der Waals surface area contributed by atoms with E-state index in [2.05, 4.69) is 0 Å². The van der Waals surface area contributed by atoms with Crippen molar-refractivity contribution in [3.63, 3.8) is 0 Å². The van der Waals surface area contributed by atoms with Crippen molar-refractivity contribution in [2.75, 3.05) is 6.61 Å². The lowest BCUT2D eigenvalue weighted by Crippen LogP contribution is -2.19. The second-order valence-corrected chi connectivity index (χ2v) is 3.07. The van der Waals surface area contributed by atoms with Crippen LogP contribution in [-0.4, -0.2) is 17.7 Å². The molecule has 1 aromatic heterocycles. The van der Waals surface area contributed by atoms with Gasteiger partial charge in [0.1, 0.15) is 6.10 Å². The van der Waals surface area contributed by atoms with Crippen LogP contribution in [0.25, 0.3) is 0 Å². The SMILES string of the molecule is O=C1OC(c2ccoc2)CC=C1CO. The lowest BCUT2D eigenvalue weighted by atomic mass is 10.1. The van der Waals surface area contributed by atoms with Gasteiger partial charge in [-0.05, 0) is 6.07 Å². The normalized spacial score (nSPS) is 21.6. The molecule has 0 amide bonds. The maximum absolute atomic E-state index is 11.2. The molecule has 1 aliphatic rings. The molecule has 1 unspecified atom stereocenters. The van der Waals surface area contributed by atoms with Gasteiger partial charge in [-0.1, -0.05) is 6.08 Å². The molecule has 4 nitrogen and oxygen atoms in total. The summed E-state index contributed by atoms with van der Waals surface area (Å²) >= 11 is 0. The molecule has 1 N–H and O–H groups in total. The molecule has 0 spiro atoms. The molecule has 0 fully saturated rings. The van der Waals surface area contributed by atoms with Gasteiger partial charge >= 0.3 is 5.97 Å². The van der Waals surface area contributed by atoms with Crippen LogP contribution in [0, 0.1) is 0 Å². The first-order chi connectivity index (χ1) is 6.81.